The maximum atomic E-state index is 12.2. The van der Waals surface area contributed by atoms with Crippen LogP contribution < -0.4 is 4.74 Å². The van der Waals surface area contributed by atoms with E-state index in [4.69, 9.17) is 4.74 Å². The first-order chi connectivity index (χ1) is 10.6. The predicted octanol–water partition coefficient (Wildman–Crippen LogP) is 1.16. The van der Waals surface area contributed by atoms with Crippen LogP contribution in [-0.4, -0.2) is 58.7 Å². The number of hydrogen-bond donors (Lipinski definition) is 1. The molecule has 2 aliphatic rings. The van der Waals surface area contributed by atoms with Gasteiger partial charge in [0, 0.05) is 6.54 Å². The van der Waals surface area contributed by atoms with Gasteiger partial charge in [-0.05, 0) is 37.5 Å². The Morgan fingerprint density at radius 2 is 2.23 bits per heavy atom. The third-order valence-electron chi connectivity index (χ3n) is 4.11. The lowest BCUT2D eigenvalue weighted by atomic mass is 10.2. The van der Waals surface area contributed by atoms with E-state index in [0.29, 0.717) is 12.3 Å². The Kier molecular flexibility index (Phi) is 4.02. The minimum atomic E-state index is -0.895. The molecule has 2 fully saturated rings. The van der Waals surface area contributed by atoms with E-state index in [1.807, 2.05) is 31.2 Å². The molecule has 1 aromatic rings. The van der Waals surface area contributed by atoms with E-state index in [1.54, 1.807) is 4.90 Å². The van der Waals surface area contributed by atoms with E-state index in [1.165, 1.54) is 0 Å². The third kappa shape index (κ3) is 2.78. The second kappa shape index (κ2) is 5.96. The molecule has 0 radical (unpaired) electrons. The van der Waals surface area contributed by atoms with Crippen molar-refractivity contribution in [2.24, 2.45) is 0 Å². The van der Waals surface area contributed by atoms with Crippen LogP contribution in [0.15, 0.2) is 24.3 Å². The van der Waals surface area contributed by atoms with Gasteiger partial charge in [0.2, 0.25) is 0 Å². The topological polar surface area (TPSA) is 70.1 Å². The molecule has 2 atom stereocenters. The first-order valence-corrected chi connectivity index (χ1v) is 7.56. The van der Waals surface area contributed by atoms with Crippen LogP contribution in [0.25, 0.3) is 0 Å². The molecular formula is C16H20N2O4. The molecule has 0 aromatic heterocycles. The summed E-state index contributed by atoms with van der Waals surface area (Å²) >= 11 is 0. The van der Waals surface area contributed by atoms with Gasteiger partial charge in [0.25, 0.3) is 5.91 Å². The average molecular weight is 304 g/mol. The summed E-state index contributed by atoms with van der Waals surface area (Å²) in [5, 5.41) is 10.0. The zero-order valence-corrected chi connectivity index (χ0v) is 12.6. The number of aryl methyl sites for hydroxylation is 1. The summed E-state index contributed by atoms with van der Waals surface area (Å²) in [6, 6.07) is 6.90. The van der Waals surface area contributed by atoms with Crippen molar-refractivity contribution in [1.29, 1.82) is 0 Å². The average Bonchev–Trinajstić information content (AvgIpc) is 3.05. The van der Waals surface area contributed by atoms with Crippen molar-refractivity contribution in [3.8, 4) is 5.75 Å². The van der Waals surface area contributed by atoms with Crippen LogP contribution in [0.1, 0.15) is 18.4 Å². The Hall–Kier alpha value is -2.08. The highest BCUT2D eigenvalue weighted by Crippen LogP contribution is 2.27. The lowest BCUT2D eigenvalue weighted by Crippen LogP contribution is -2.41. The Balaban J connectivity index is 1.55. The van der Waals surface area contributed by atoms with E-state index in [0.717, 1.165) is 23.3 Å². The van der Waals surface area contributed by atoms with E-state index in [2.05, 4.69) is 0 Å². The number of carbonyl (C=O) groups excluding carboxylic acids is 2. The monoisotopic (exact) mass is 304 g/mol. The third-order valence-corrected chi connectivity index (χ3v) is 4.11. The number of aliphatic hydroxyl groups excluding tert-OH is 1. The van der Waals surface area contributed by atoms with Gasteiger partial charge < -0.3 is 14.7 Å². The van der Waals surface area contributed by atoms with Crippen molar-refractivity contribution in [3.63, 3.8) is 0 Å². The predicted molar refractivity (Wildman–Crippen MR) is 79.5 cm³/mol. The van der Waals surface area contributed by atoms with Gasteiger partial charge in [0.1, 0.15) is 24.5 Å². The van der Waals surface area contributed by atoms with Gasteiger partial charge in [-0.15, -0.1) is 0 Å². The van der Waals surface area contributed by atoms with Crippen LogP contribution in [0.2, 0.25) is 0 Å². The second-order valence-corrected chi connectivity index (χ2v) is 5.86. The van der Waals surface area contributed by atoms with Crippen LogP contribution in [0.4, 0.5) is 4.79 Å². The molecule has 0 spiro atoms. The van der Waals surface area contributed by atoms with Crippen molar-refractivity contribution >= 4 is 11.9 Å². The SMILES string of the molecule is Cc1cccc(OCC(O)CN2C(=O)C3CCCN3C2=O)c1. The van der Waals surface area contributed by atoms with Gasteiger partial charge in [-0.25, -0.2) is 4.79 Å². The van der Waals surface area contributed by atoms with Gasteiger partial charge in [-0.1, -0.05) is 12.1 Å². The number of imide groups is 1. The Morgan fingerprint density at radius 1 is 1.41 bits per heavy atom. The fourth-order valence-electron chi connectivity index (χ4n) is 3.01. The van der Waals surface area contributed by atoms with Crippen molar-refractivity contribution in [2.45, 2.75) is 31.9 Å². The van der Waals surface area contributed by atoms with E-state index in [9.17, 15) is 14.7 Å². The molecule has 118 valence electrons. The fourth-order valence-corrected chi connectivity index (χ4v) is 3.01. The van der Waals surface area contributed by atoms with Crippen molar-refractivity contribution in [3.05, 3.63) is 29.8 Å². The summed E-state index contributed by atoms with van der Waals surface area (Å²) in [7, 11) is 0. The molecule has 22 heavy (non-hydrogen) atoms. The smallest absolute Gasteiger partial charge is 0.327 e. The summed E-state index contributed by atoms with van der Waals surface area (Å²) < 4.78 is 5.51. The maximum absolute atomic E-state index is 12.2. The summed E-state index contributed by atoms with van der Waals surface area (Å²) in [6.07, 6.45) is 0.694. The first kappa shape index (κ1) is 14.8. The van der Waals surface area contributed by atoms with Crippen LogP contribution >= 0.6 is 0 Å². The number of urea groups is 1. The minimum absolute atomic E-state index is 0.0174. The normalized spacial score (nSPS) is 22.2. The molecule has 6 nitrogen and oxygen atoms in total. The van der Waals surface area contributed by atoms with Gasteiger partial charge in [0.05, 0.1) is 6.54 Å². The Bertz CT molecular complexity index is 567. The molecule has 3 rings (SSSR count). The highest BCUT2D eigenvalue weighted by molar-refractivity contribution is 6.04. The van der Waals surface area contributed by atoms with Gasteiger partial charge in [-0.2, -0.15) is 0 Å². The van der Waals surface area contributed by atoms with E-state index in [-0.39, 0.29) is 31.1 Å². The first-order valence-electron chi connectivity index (χ1n) is 7.56. The lowest BCUT2D eigenvalue weighted by Gasteiger charge is -2.19. The molecule has 0 aliphatic carbocycles. The van der Waals surface area contributed by atoms with Crippen LogP contribution in [0.3, 0.4) is 0 Å². The highest BCUT2D eigenvalue weighted by atomic mass is 16.5. The van der Waals surface area contributed by atoms with Crippen molar-refractivity contribution in [2.75, 3.05) is 19.7 Å². The van der Waals surface area contributed by atoms with Crippen LogP contribution in [0, 0.1) is 6.92 Å². The molecule has 0 bridgehead atoms. The zero-order valence-electron chi connectivity index (χ0n) is 12.6. The number of aliphatic hydroxyl groups is 1. The number of ether oxygens (including phenoxy) is 1. The molecular weight excluding hydrogens is 284 g/mol. The minimum Gasteiger partial charge on any atom is -0.491 e. The van der Waals surface area contributed by atoms with Gasteiger partial charge in [0.15, 0.2) is 0 Å². The molecule has 2 unspecified atom stereocenters. The zero-order chi connectivity index (χ0) is 15.7. The number of benzene rings is 1. The summed E-state index contributed by atoms with van der Waals surface area (Å²) in [4.78, 5) is 27.0. The molecule has 2 saturated heterocycles. The lowest BCUT2D eigenvalue weighted by molar-refractivity contribution is -0.129. The summed E-state index contributed by atoms with van der Waals surface area (Å²) in [5.74, 6) is 0.468. The standard InChI is InChI=1S/C16H20N2O4/c1-11-4-2-5-13(8-11)22-10-12(19)9-18-15(20)14-6-3-7-17(14)16(18)21/h2,4-5,8,12,14,19H,3,6-7,9-10H2,1H3. The largest absolute Gasteiger partial charge is 0.491 e. The molecule has 3 amide bonds. The Morgan fingerprint density at radius 3 is 2.95 bits per heavy atom. The Labute approximate surface area is 129 Å². The van der Waals surface area contributed by atoms with Crippen molar-refractivity contribution in [1.82, 2.24) is 9.80 Å². The second-order valence-electron chi connectivity index (χ2n) is 5.86. The summed E-state index contributed by atoms with van der Waals surface area (Å²) in [6.45, 7) is 2.61. The molecule has 2 aliphatic heterocycles. The molecule has 6 heteroatoms. The molecule has 0 saturated carbocycles. The van der Waals surface area contributed by atoms with Crippen LogP contribution in [-0.2, 0) is 4.79 Å². The number of β-amino-alcohol motifs (C(OH)–C–C–N with tert-alkyl or cyclic N) is 1. The quantitative estimate of drug-likeness (QED) is 0.829. The fraction of sp³-hybridized carbons (Fsp3) is 0.500. The highest BCUT2D eigenvalue weighted by Gasteiger charge is 2.47. The van der Waals surface area contributed by atoms with Crippen LogP contribution in [0.5, 0.6) is 5.75 Å². The number of hydrogen-bond acceptors (Lipinski definition) is 4. The number of fused-ring (bicyclic) bond motifs is 1. The van der Waals surface area contributed by atoms with E-state index >= 15 is 0 Å². The van der Waals surface area contributed by atoms with Gasteiger partial charge in [-0.3, -0.25) is 9.69 Å². The number of amides is 3. The number of nitrogens with zero attached hydrogens (tertiary/aromatic N) is 2. The molecule has 1 N–H and O–H groups in total. The van der Waals surface area contributed by atoms with E-state index < -0.39 is 6.10 Å². The number of rotatable bonds is 5. The molecule has 2 heterocycles. The number of carbonyl (C=O) groups is 2. The summed E-state index contributed by atoms with van der Waals surface area (Å²) in [5.41, 5.74) is 1.07. The maximum Gasteiger partial charge on any atom is 0.327 e. The molecule has 1 aromatic carbocycles. The van der Waals surface area contributed by atoms with Crippen molar-refractivity contribution < 1.29 is 19.4 Å². The van der Waals surface area contributed by atoms with Gasteiger partial charge >= 0.3 is 6.03 Å².